The summed E-state index contributed by atoms with van der Waals surface area (Å²) in [5.41, 5.74) is 2.85. The monoisotopic (exact) mass is 391 g/mol. The predicted molar refractivity (Wildman–Crippen MR) is 116 cm³/mol. The van der Waals surface area contributed by atoms with E-state index in [2.05, 4.69) is 39.6 Å². The molecule has 29 heavy (non-hydrogen) atoms. The van der Waals surface area contributed by atoms with Crippen LogP contribution in [0.3, 0.4) is 0 Å². The number of aromatic nitrogens is 2. The first-order chi connectivity index (χ1) is 14.1. The molecule has 2 aromatic carbocycles. The lowest BCUT2D eigenvalue weighted by atomic mass is 10.2. The molecule has 1 amide bonds. The van der Waals surface area contributed by atoms with Crippen LogP contribution in [0.5, 0.6) is 5.75 Å². The number of ether oxygens (including phenoxy) is 1. The van der Waals surface area contributed by atoms with E-state index >= 15 is 0 Å². The second-order valence-electron chi connectivity index (χ2n) is 6.30. The smallest absolute Gasteiger partial charge is 0.276 e. The van der Waals surface area contributed by atoms with Crippen LogP contribution in [-0.4, -0.2) is 36.3 Å². The number of anilines is 4. The number of carbonyl (C=O) groups is 1. The Labute approximate surface area is 170 Å². The molecule has 0 atom stereocenters. The molecule has 7 heteroatoms. The highest BCUT2D eigenvalue weighted by atomic mass is 16.5. The SMILES string of the molecule is CCN(CC)c1ccc(NC(=O)c2ccc(Nc3ccccc3OC)nn2)cc1. The number of hydrogen-bond acceptors (Lipinski definition) is 6. The van der Waals surface area contributed by atoms with Crippen LogP contribution >= 0.6 is 0 Å². The summed E-state index contributed by atoms with van der Waals surface area (Å²) in [7, 11) is 1.61. The molecule has 3 rings (SSSR count). The van der Waals surface area contributed by atoms with Crippen molar-refractivity contribution in [1.82, 2.24) is 10.2 Å². The molecule has 1 heterocycles. The maximum Gasteiger partial charge on any atom is 0.276 e. The van der Waals surface area contributed by atoms with Gasteiger partial charge in [-0.1, -0.05) is 12.1 Å². The number of carbonyl (C=O) groups excluding carboxylic acids is 1. The van der Waals surface area contributed by atoms with E-state index in [4.69, 9.17) is 4.74 Å². The summed E-state index contributed by atoms with van der Waals surface area (Å²) in [6.07, 6.45) is 0. The molecule has 0 radical (unpaired) electrons. The van der Waals surface area contributed by atoms with Crippen molar-refractivity contribution in [3.8, 4) is 5.75 Å². The fourth-order valence-corrected chi connectivity index (χ4v) is 2.95. The van der Waals surface area contributed by atoms with Crippen molar-refractivity contribution in [1.29, 1.82) is 0 Å². The Balaban J connectivity index is 1.64. The number of nitrogens with zero attached hydrogens (tertiary/aromatic N) is 3. The molecule has 0 aliphatic heterocycles. The topological polar surface area (TPSA) is 79.4 Å². The third-order valence-electron chi connectivity index (χ3n) is 4.52. The fourth-order valence-electron chi connectivity index (χ4n) is 2.95. The van der Waals surface area contributed by atoms with Gasteiger partial charge in [-0.2, -0.15) is 0 Å². The summed E-state index contributed by atoms with van der Waals surface area (Å²) in [6, 6.07) is 18.6. The van der Waals surface area contributed by atoms with Crippen LogP contribution in [0.1, 0.15) is 24.3 Å². The fraction of sp³-hybridized carbons (Fsp3) is 0.227. The van der Waals surface area contributed by atoms with Gasteiger partial charge in [0.2, 0.25) is 0 Å². The molecular weight excluding hydrogens is 366 g/mol. The normalized spacial score (nSPS) is 10.3. The van der Waals surface area contributed by atoms with Gasteiger partial charge in [-0.3, -0.25) is 4.79 Å². The van der Waals surface area contributed by atoms with E-state index in [0.29, 0.717) is 17.3 Å². The van der Waals surface area contributed by atoms with Crippen molar-refractivity contribution in [2.24, 2.45) is 0 Å². The van der Waals surface area contributed by atoms with Crippen LogP contribution in [0.4, 0.5) is 22.9 Å². The second-order valence-corrected chi connectivity index (χ2v) is 6.30. The molecule has 0 unspecified atom stereocenters. The quantitative estimate of drug-likeness (QED) is 0.595. The molecule has 0 saturated heterocycles. The van der Waals surface area contributed by atoms with Crippen LogP contribution in [0.25, 0.3) is 0 Å². The molecule has 0 saturated carbocycles. The van der Waals surface area contributed by atoms with Crippen molar-refractivity contribution in [2.75, 3.05) is 35.7 Å². The Morgan fingerprint density at radius 3 is 2.31 bits per heavy atom. The lowest BCUT2D eigenvalue weighted by Crippen LogP contribution is -2.21. The Morgan fingerprint density at radius 1 is 0.966 bits per heavy atom. The summed E-state index contributed by atoms with van der Waals surface area (Å²) in [4.78, 5) is 14.7. The Morgan fingerprint density at radius 2 is 1.69 bits per heavy atom. The van der Waals surface area contributed by atoms with Gasteiger partial charge in [0.05, 0.1) is 12.8 Å². The highest BCUT2D eigenvalue weighted by Gasteiger charge is 2.10. The minimum Gasteiger partial charge on any atom is -0.495 e. The van der Waals surface area contributed by atoms with E-state index in [1.807, 2.05) is 48.5 Å². The van der Waals surface area contributed by atoms with Crippen molar-refractivity contribution in [2.45, 2.75) is 13.8 Å². The van der Waals surface area contributed by atoms with Gasteiger partial charge in [0, 0.05) is 24.5 Å². The molecule has 150 valence electrons. The maximum atomic E-state index is 12.5. The average Bonchev–Trinajstić information content (AvgIpc) is 2.76. The number of hydrogen-bond donors (Lipinski definition) is 2. The number of amides is 1. The Kier molecular flexibility index (Phi) is 6.63. The van der Waals surface area contributed by atoms with Crippen molar-refractivity contribution in [3.63, 3.8) is 0 Å². The number of rotatable bonds is 8. The van der Waals surface area contributed by atoms with Crippen LogP contribution in [-0.2, 0) is 0 Å². The van der Waals surface area contributed by atoms with Crippen molar-refractivity contribution < 1.29 is 9.53 Å². The average molecular weight is 391 g/mol. The summed E-state index contributed by atoms with van der Waals surface area (Å²) < 4.78 is 5.31. The molecule has 0 bridgehead atoms. The van der Waals surface area contributed by atoms with Gasteiger partial charge in [0.1, 0.15) is 5.75 Å². The van der Waals surface area contributed by atoms with Gasteiger partial charge < -0.3 is 20.3 Å². The van der Waals surface area contributed by atoms with Gasteiger partial charge in [-0.25, -0.2) is 0 Å². The first-order valence-corrected chi connectivity index (χ1v) is 9.54. The highest BCUT2D eigenvalue weighted by molar-refractivity contribution is 6.02. The maximum absolute atomic E-state index is 12.5. The molecule has 0 fully saturated rings. The van der Waals surface area contributed by atoms with Crippen LogP contribution < -0.4 is 20.3 Å². The van der Waals surface area contributed by atoms with Crippen molar-refractivity contribution in [3.05, 3.63) is 66.4 Å². The van der Waals surface area contributed by atoms with Gasteiger partial charge in [-0.15, -0.1) is 10.2 Å². The second kappa shape index (κ2) is 9.54. The lowest BCUT2D eigenvalue weighted by Gasteiger charge is -2.21. The van der Waals surface area contributed by atoms with E-state index in [0.717, 1.165) is 24.5 Å². The van der Waals surface area contributed by atoms with Gasteiger partial charge in [0.25, 0.3) is 5.91 Å². The van der Waals surface area contributed by atoms with E-state index < -0.39 is 0 Å². The third-order valence-corrected chi connectivity index (χ3v) is 4.52. The van der Waals surface area contributed by atoms with E-state index in [1.165, 1.54) is 0 Å². The molecule has 0 aliphatic rings. The molecule has 2 N–H and O–H groups in total. The first-order valence-electron chi connectivity index (χ1n) is 9.54. The largest absolute Gasteiger partial charge is 0.495 e. The third kappa shape index (κ3) is 5.01. The van der Waals surface area contributed by atoms with E-state index in [-0.39, 0.29) is 11.6 Å². The van der Waals surface area contributed by atoms with E-state index in [1.54, 1.807) is 19.2 Å². The number of para-hydroxylation sites is 2. The summed E-state index contributed by atoms with van der Waals surface area (Å²) >= 11 is 0. The molecule has 7 nitrogen and oxygen atoms in total. The molecule has 0 spiro atoms. The minimum absolute atomic E-state index is 0.239. The minimum atomic E-state index is -0.308. The number of benzene rings is 2. The Bertz CT molecular complexity index is 938. The standard InChI is InChI=1S/C22H25N5O2/c1-4-27(5-2)17-12-10-16(11-13-17)23-22(28)19-14-15-21(26-25-19)24-18-8-6-7-9-20(18)29-3/h6-15H,4-5H2,1-3H3,(H,23,28)(H,24,26). The van der Waals surface area contributed by atoms with Crippen LogP contribution in [0.15, 0.2) is 60.7 Å². The van der Waals surface area contributed by atoms with Gasteiger partial charge in [0.15, 0.2) is 11.5 Å². The summed E-state index contributed by atoms with van der Waals surface area (Å²) in [6.45, 7) is 6.11. The summed E-state index contributed by atoms with van der Waals surface area (Å²) in [5, 5.41) is 14.1. The van der Waals surface area contributed by atoms with Crippen molar-refractivity contribution >= 4 is 28.8 Å². The van der Waals surface area contributed by atoms with Crippen LogP contribution in [0.2, 0.25) is 0 Å². The highest BCUT2D eigenvalue weighted by Crippen LogP contribution is 2.26. The zero-order valence-electron chi connectivity index (χ0n) is 16.8. The summed E-state index contributed by atoms with van der Waals surface area (Å²) in [5.74, 6) is 0.913. The van der Waals surface area contributed by atoms with Crippen LogP contribution in [0, 0.1) is 0 Å². The zero-order chi connectivity index (χ0) is 20.6. The van der Waals surface area contributed by atoms with E-state index in [9.17, 15) is 4.79 Å². The number of methoxy groups -OCH3 is 1. The Hall–Kier alpha value is -3.61. The molecule has 3 aromatic rings. The molecule has 0 aliphatic carbocycles. The number of nitrogens with one attached hydrogen (secondary N) is 2. The van der Waals surface area contributed by atoms with Gasteiger partial charge in [-0.05, 0) is 62.4 Å². The molecule has 1 aromatic heterocycles. The van der Waals surface area contributed by atoms with Gasteiger partial charge >= 0.3 is 0 Å². The molecular formula is C22H25N5O2. The lowest BCUT2D eigenvalue weighted by molar-refractivity contribution is 0.102. The predicted octanol–water partition coefficient (Wildman–Crippen LogP) is 4.33. The zero-order valence-corrected chi connectivity index (χ0v) is 16.8. The first kappa shape index (κ1) is 20.1.